The van der Waals surface area contributed by atoms with Crippen molar-refractivity contribution in [3.8, 4) is 17.6 Å². The number of anilines is 1. The summed E-state index contributed by atoms with van der Waals surface area (Å²) in [6, 6.07) is 17.2. The van der Waals surface area contributed by atoms with Gasteiger partial charge in [0.25, 0.3) is 5.91 Å². The molecule has 3 aromatic carbocycles. The predicted octanol–water partition coefficient (Wildman–Crippen LogP) is 4.05. The van der Waals surface area contributed by atoms with Crippen LogP contribution in [0.15, 0.2) is 77.7 Å². The standard InChI is InChI=1S/C27H23ClN2O6S/c1-2-3-15-36-22-11-13-23(14-12-22)37(34,35)30-17-20-9-10-21(28)16-24(20)29(18-25(30)27(32)33)26(31)19-7-5-4-6-8-19/h4-14,16,25H,15,17-18H2,1H3,(H,32,33). The monoisotopic (exact) mass is 538 g/mol. The number of rotatable bonds is 6. The molecule has 0 bridgehead atoms. The summed E-state index contributed by atoms with van der Waals surface area (Å²) in [4.78, 5) is 27.0. The first kappa shape index (κ1) is 26.2. The Hall–Kier alpha value is -3.84. The number of amides is 1. The Morgan fingerprint density at radius 2 is 1.78 bits per heavy atom. The van der Waals surface area contributed by atoms with Crippen molar-refractivity contribution in [3.05, 3.63) is 88.9 Å². The van der Waals surface area contributed by atoms with Crippen molar-refractivity contribution >= 4 is 39.2 Å². The average Bonchev–Trinajstić information content (AvgIpc) is 3.07. The highest BCUT2D eigenvalue weighted by molar-refractivity contribution is 7.89. The van der Waals surface area contributed by atoms with E-state index in [1.807, 2.05) is 0 Å². The smallest absolute Gasteiger partial charge is 0.323 e. The molecule has 0 aromatic heterocycles. The average molecular weight is 539 g/mol. The van der Waals surface area contributed by atoms with Gasteiger partial charge in [-0.2, -0.15) is 4.31 Å². The maximum Gasteiger partial charge on any atom is 0.323 e. The van der Waals surface area contributed by atoms with E-state index >= 15 is 0 Å². The Morgan fingerprint density at radius 3 is 2.43 bits per heavy atom. The van der Waals surface area contributed by atoms with Crippen LogP contribution in [0.5, 0.6) is 5.75 Å². The normalized spacial score (nSPS) is 15.6. The number of fused-ring (bicyclic) bond motifs is 1. The Labute approximate surface area is 220 Å². The quantitative estimate of drug-likeness (QED) is 0.475. The molecule has 0 saturated carbocycles. The molecule has 1 amide bonds. The minimum Gasteiger partial charge on any atom is -0.481 e. The minimum atomic E-state index is -4.29. The number of carbonyl (C=O) groups excluding carboxylic acids is 1. The second kappa shape index (κ2) is 11.0. The van der Waals surface area contributed by atoms with Gasteiger partial charge >= 0.3 is 5.97 Å². The van der Waals surface area contributed by atoms with Gasteiger partial charge < -0.3 is 14.7 Å². The summed E-state index contributed by atoms with van der Waals surface area (Å²) in [6.45, 7) is 1.15. The highest BCUT2D eigenvalue weighted by atomic mass is 35.5. The second-order valence-corrected chi connectivity index (χ2v) is 10.5. The van der Waals surface area contributed by atoms with Crippen molar-refractivity contribution in [1.29, 1.82) is 0 Å². The fraction of sp³-hybridized carbons (Fsp3) is 0.185. The zero-order valence-corrected chi connectivity index (χ0v) is 21.4. The van der Waals surface area contributed by atoms with Gasteiger partial charge in [0.2, 0.25) is 10.0 Å². The van der Waals surface area contributed by atoms with Crippen LogP contribution in [0.4, 0.5) is 5.69 Å². The van der Waals surface area contributed by atoms with Crippen LogP contribution < -0.4 is 9.64 Å². The number of carbonyl (C=O) groups is 2. The van der Waals surface area contributed by atoms with Gasteiger partial charge in [-0.05, 0) is 61.0 Å². The lowest BCUT2D eigenvalue weighted by molar-refractivity contribution is -0.141. The highest BCUT2D eigenvalue weighted by Gasteiger charge is 2.41. The van der Waals surface area contributed by atoms with Crippen molar-refractivity contribution < 1.29 is 27.9 Å². The van der Waals surface area contributed by atoms with E-state index in [0.717, 1.165) is 4.31 Å². The second-order valence-electron chi connectivity index (χ2n) is 8.15. The first-order chi connectivity index (χ1) is 17.7. The molecule has 1 atom stereocenters. The summed E-state index contributed by atoms with van der Waals surface area (Å²) < 4.78 is 33.8. The van der Waals surface area contributed by atoms with E-state index < -0.39 is 34.5 Å². The molecule has 0 aliphatic carbocycles. The largest absolute Gasteiger partial charge is 0.481 e. The number of hydrogen-bond acceptors (Lipinski definition) is 5. The number of hydrogen-bond donors (Lipinski definition) is 1. The van der Waals surface area contributed by atoms with Gasteiger partial charge in [0.1, 0.15) is 18.4 Å². The predicted molar refractivity (Wildman–Crippen MR) is 139 cm³/mol. The number of ether oxygens (including phenoxy) is 1. The molecule has 8 nitrogen and oxygen atoms in total. The number of aliphatic carboxylic acids is 1. The maximum atomic E-state index is 13.7. The Bertz CT molecular complexity index is 1480. The number of sulfonamides is 1. The molecule has 0 spiro atoms. The molecule has 3 aromatic rings. The molecule has 10 heteroatoms. The summed E-state index contributed by atoms with van der Waals surface area (Å²) in [7, 11) is -4.29. The van der Waals surface area contributed by atoms with E-state index in [9.17, 15) is 23.1 Å². The highest BCUT2D eigenvalue weighted by Crippen LogP contribution is 2.34. The number of halogens is 1. The van der Waals surface area contributed by atoms with Gasteiger partial charge in [-0.3, -0.25) is 9.59 Å². The van der Waals surface area contributed by atoms with Crippen molar-refractivity contribution in [2.24, 2.45) is 0 Å². The van der Waals surface area contributed by atoms with Crippen molar-refractivity contribution in [1.82, 2.24) is 4.31 Å². The van der Waals surface area contributed by atoms with Gasteiger partial charge in [-0.15, -0.1) is 5.92 Å². The first-order valence-corrected chi connectivity index (χ1v) is 13.1. The van der Waals surface area contributed by atoms with Crippen molar-refractivity contribution in [2.75, 3.05) is 18.1 Å². The van der Waals surface area contributed by atoms with E-state index in [1.54, 1.807) is 49.4 Å². The summed E-state index contributed by atoms with van der Waals surface area (Å²) >= 11 is 6.22. The van der Waals surface area contributed by atoms with Gasteiger partial charge in [0.15, 0.2) is 0 Å². The van der Waals surface area contributed by atoms with Crippen LogP contribution in [0.3, 0.4) is 0 Å². The van der Waals surface area contributed by atoms with Crippen molar-refractivity contribution in [2.45, 2.75) is 24.4 Å². The van der Waals surface area contributed by atoms with Gasteiger partial charge in [-0.25, -0.2) is 8.42 Å². The van der Waals surface area contributed by atoms with Crippen LogP contribution in [0.1, 0.15) is 22.8 Å². The molecule has 37 heavy (non-hydrogen) atoms. The van der Waals surface area contributed by atoms with Gasteiger partial charge in [-0.1, -0.05) is 41.8 Å². The summed E-state index contributed by atoms with van der Waals surface area (Å²) in [6.07, 6.45) is 0. The third-order valence-corrected chi connectivity index (χ3v) is 7.94. The molecule has 1 heterocycles. The zero-order chi connectivity index (χ0) is 26.6. The maximum absolute atomic E-state index is 13.7. The molecule has 0 fully saturated rings. The molecule has 0 radical (unpaired) electrons. The third-order valence-electron chi connectivity index (χ3n) is 5.84. The van der Waals surface area contributed by atoms with E-state index in [-0.39, 0.29) is 18.0 Å². The van der Waals surface area contributed by atoms with Gasteiger partial charge in [0.05, 0.1) is 17.1 Å². The zero-order valence-electron chi connectivity index (χ0n) is 19.8. The molecular formula is C27H23ClN2O6S. The lowest BCUT2D eigenvalue weighted by Gasteiger charge is -2.28. The molecule has 1 N–H and O–H groups in total. The summed E-state index contributed by atoms with van der Waals surface area (Å²) in [5.74, 6) is 4.03. The fourth-order valence-corrected chi connectivity index (χ4v) is 5.70. The summed E-state index contributed by atoms with van der Waals surface area (Å²) in [5.41, 5.74) is 1.13. The topological polar surface area (TPSA) is 104 Å². The van der Waals surface area contributed by atoms with Crippen molar-refractivity contribution in [3.63, 3.8) is 0 Å². The Balaban J connectivity index is 1.76. The molecule has 0 saturated heterocycles. The molecule has 1 aliphatic rings. The Kier molecular flexibility index (Phi) is 7.83. The van der Waals surface area contributed by atoms with Crippen LogP contribution in [-0.2, 0) is 21.4 Å². The minimum absolute atomic E-state index is 0.106. The number of benzene rings is 3. The van der Waals surface area contributed by atoms with Crippen LogP contribution in [-0.4, -0.2) is 48.9 Å². The van der Waals surface area contributed by atoms with E-state index in [0.29, 0.717) is 27.6 Å². The molecule has 1 unspecified atom stereocenters. The molecule has 1 aliphatic heterocycles. The molecular weight excluding hydrogens is 516 g/mol. The lowest BCUT2D eigenvalue weighted by atomic mass is 10.1. The third kappa shape index (κ3) is 5.62. The van der Waals surface area contributed by atoms with E-state index in [2.05, 4.69) is 11.8 Å². The van der Waals surface area contributed by atoms with Crippen LogP contribution in [0.25, 0.3) is 0 Å². The lowest BCUT2D eigenvalue weighted by Crippen LogP contribution is -2.50. The number of carboxylic acid groups (broad SMARTS) is 1. The molecule has 190 valence electrons. The van der Waals surface area contributed by atoms with E-state index in [4.69, 9.17) is 16.3 Å². The van der Waals surface area contributed by atoms with E-state index in [1.165, 1.54) is 35.2 Å². The van der Waals surface area contributed by atoms with Crippen LogP contribution >= 0.6 is 11.6 Å². The molecule has 4 rings (SSSR count). The fourth-order valence-electron chi connectivity index (χ4n) is 3.98. The van der Waals surface area contributed by atoms with Crippen LogP contribution in [0.2, 0.25) is 5.02 Å². The van der Waals surface area contributed by atoms with Gasteiger partial charge in [0, 0.05) is 17.1 Å². The SMILES string of the molecule is CC#CCOc1ccc(S(=O)(=O)N2Cc3ccc(Cl)cc3N(C(=O)c3ccccc3)CC2C(=O)O)cc1. The number of nitrogens with zero attached hydrogens (tertiary/aromatic N) is 2. The number of carboxylic acids is 1. The van der Waals surface area contributed by atoms with Crippen LogP contribution in [0, 0.1) is 11.8 Å². The summed E-state index contributed by atoms with van der Waals surface area (Å²) in [5, 5.41) is 10.4. The first-order valence-electron chi connectivity index (χ1n) is 11.2. The Morgan fingerprint density at radius 1 is 1.08 bits per heavy atom.